The van der Waals surface area contributed by atoms with Crippen LogP contribution in [0.2, 0.25) is 0 Å². The lowest BCUT2D eigenvalue weighted by atomic mass is 9.92. The third-order valence-electron chi connectivity index (χ3n) is 3.49. The number of hydrogen-bond acceptors (Lipinski definition) is 9. The first-order valence-corrected chi connectivity index (χ1v) is 12.1. The van der Waals surface area contributed by atoms with Gasteiger partial charge < -0.3 is 23.7 Å². The van der Waals surface area contributed by atoms with E-state index < -0.39 is 5.41 Å². The van der Waals surface area contributed by atoms with Crippen LogP contribution in [-0.4, -0.2) is 76.3 Å². The average Bonchev–Trinajstić information content (AvgIpc) is 2.75. The van der Waals surface area contributed by atoms with Gasteiger partial charge in [-0.2, -0.15) is 0 Å². The van der Waals surface area contributed by atoms with Crippen LogP contribution in [0.1, 0.15) is 19.8 Å². The molecular formula is C22H30O7S2. The number of terminal acetylenes is 3. The molecule has 0 spiro atoms. The average molecular weight is 471 g/mol. The van der Waals surface area contributed by atoms with Gasteiger partial charge in [-0.15, -0.1) is 19.3 Å². The molecule has 0 saturated carbocycles. The topological polar surface area (TPSA) is 80.3 Å². The Balaban J connectivity index is 4.52. The molecule has 172 valence electrons. The van der Waals surface area contributed by atoms with E-state index in [1.165, 1.54) is 21.6 Å². The van der Waals surface area contributed by atoms with Gasteiger partial charge in [-0.05, 0) is 6.92 Å². The van der Waals surface area contributed by atoms with Crippen LogP contribution in [0.25, 0.3) is 0 Å². The van der Waals surface area contributed by atoms with E-state index in [-0.39, 0.29) is 64.6 Å². The van der Waals surface area contributed by atoms with Gasteiger partial charge in [0.1, 0.15) is 26.4 Å². The fraction of sp³-hybridized carbons (Fsp3) is 0.636. The predicted molar refractivity (Wildman–Crippen MR) is 123 cm³/mol. The van der Waals surface area contributed by atoms with E-state index in [9.17, 15) is 9.59 Å². The minimum absolute atomic E-state index is 0.00617. The molecule has 0 saturated heterocycles. The Bertz CT molecular complexity index is 581. The molecular weight excluding hydrogens is 440 g/mol. The molecule has 0 aromatic heterocycles. The summed E-state index contributed by atoms with van der Waals surface area (Å²) in [6.45, 7) is 2.89. The lowest BCUT2D eigenvalue weighted by molar-refractivity contribution is -0.154. The maximum absolute atomic E-state index is 12.2. The summed E-state index contributed by atoms with van der Waals surface area (Å²) in [6.07, 6.45) is 16.3. The van der Waals surface area contributed by atoms with Gasteiger partial charge in [0.05, 0.1) is 44.7 Å². The van der Waals surface area contributed by atoms with E-state index in [2.05, 4.69) is 17.8 Å². The summed E-state index contributed by atoms with van der Waals surface area (Å²) < 4.78 is 26.7. The first-order chi connectivity index (χ1) is 15.0. The highest BCUT2D eigenvalue weighted by molar-refractivity contribution is 8.76. The fourth-order valence-electron chi connectivity index (χ4n) is 2.14. The molecule has 0 rings (SSSR count). The van der Waals surface area contributed by atoms with Crippen molar-refractivity contribution in [2.24, 2.45) is 5.41 Å². The molecule has 0 fully saturated rings. The van der Waals surface area contributed by atoms with E-state index in [0.717, 1.165) is 0 Å². The molecule has 0 heterocycles. The number of hydrogen-bond donors (Lipinski definition) is 0. The van der Waals surface area contributed by atoms with Crippen LogP contribution in [-0.2, 0) is 33.3 Å². The Morgan fingerprint density at radius 3 is 1.55 bits per heavy atom. The summed E-state index contributed by atoms with van der Waals surface area (Å²) in [4.78, 5) is 23.4. The van der Waals surface area contributed by atoms with Gasteiger partial charge >= 0.3 is 11.9 Å². The third-order valence-corrected chi connectivity index (χ3v) is 5.90. The molecule has 0 aliphatic rings. The molecule has 0 radical (unpaired) electrons. The minimum atomic E-state index is -0.790. The van der Waals surface area contributed by atoms with E-state index >= 15 is 0 Å². The zero-order valence-corrected chi connectivity index (χ0v) is 19.5. The Kier molecular flexibility index (Phi) is 19.0. The molecule has 0 aliphatic carbocycles. The molecule has 0 aromatic carbocycles. The van der Waals surface area contributed by atoms with Gasteiger partial charge in [0.2, 0.25) is 0 Å². The summed E-state index contributed by atoms with van der Waals surface area (Å²) in [5.41, 5.74) is -0.790. The van der Waals surface area contributed by atoms with Crippen LogP contribution in [0.5, 0.6) is 0 Å². The second-order valence-electron chi connectivity index (χ2n) is 6.20. The molecule has 0 aromatic rings. The number of carbonyl (C=O) groups is 2. The van der Waals surface area contributed by atoms with Crippen LogP contribution >= 0.6 is 21.6 Å². The largest absolute Gasteiger partial charge is 0.466 e. The van der Waals surface area contributed by atoms with Gasteiger partial charge in [0.25, 0.3) is 0 Å². The standard InChI is InChI=1S/C22H30O7S2/c1-5-11-25-16-22(17-26-12-6-2,18-27-13-7-3)19-29-21(24)10-15-31-30-14-9-20(23)28-8-4/h1-3H,8-19H2,4H3. The van der Waals surface area contributed by atoms with Crippen molar-refractivity contribution in [3.8, 4) is 37.0 Å². The smallest absolute Gasteiger partial charge is 0.306 e. The van der Waals surface area contributed by atoms with Crippen molar-refractivity contribution in [1.29, 1.82) is 0 Å². The molecule has 7 nitrogen and oxygen atoms in total. The predicted octanol–water partition coefficient (Wildman–Crippen LogP) is 2.19. The molecule has 0 aliphatic heterocycles. The summed E-state index contributed by atoms with van der Waals surface area (Å²) in [7, 11) is 3.00. The number of esters is 2. The van der Waals surface area contributed by atoms with E-state index in [1.807, 2.05) is 0 Å². The maximum Gasteiger partial charge on any atom is 0.306 e. The Labute approximate surface area is 193 Å². The van der Waals surface area contributed by atoms with Crippen molar-refractivity contribution >= 4 is 33.5 Å². The molecule has 0 unspecified atom stereocenters. The lowest BCUT2D eigenvalue weighted by Gasteiger charge is -2.31. The van der Waals surface area contributed by atoms with Crippen molar-refractivity contribution < 1.29 is 33.3 Å². The van der Waals surface area contributed by atoms with Crippen LogP contribution in [0, 0.1) is 42.4 Å². The second kappa shape index (κ2) is 20.1. The second-order valence-corrected chi connectivity index (χ2v) is 8.90. The van der Waals surface area contributed by atoms with Crippen molar-refractivity contribution in [3.63, 3.8) is 0 Å². The van der Waals surface area contributed by atoms with Crippen LogP contribution in [0.4, 0.5) is 0 Å². The van der Waals surface area contributed by atoms with Gasteiger partial charge in [-0.25, -0.2) is 0 Å². The highest BCUT2D eigenvalue weighted by Crippen LogP contribution is 2.24. The van der Waals surface area contributed by atoms with E-state index in [1.54, 1.807) is 6.92 Å². The van der Waals surface area contributed by atoms with Crippen molar-refractivity contribution in [3.05, 3.63) is 0 Å². The van der Waals surface area contributed by atoms with Crippen LogP contribution in [0.3, 0.4) is 0 Å². The highest BCUT2D eigenvalue weighted by Gasteiger charge is 2.34. The maximum atomic E-state index is 12.2. The molecule has 0 atom stereocenters. The molecule has 9 heteroatoms. The van der Waals surface area contributed by atoms with Crippen LogP contribution in [0.15, 0.2) is 0 Å². The quantitative estimate of drug-likeness (QED) is 0.122. The van der Waals surface area contributed by atoms with Crippen molar-refractivity contribution in [1.82, 2.24) is 0 Å². The van der Waals surface area contributed by atoms with Crippen molar-refractivity contribution in [2.45, 2.75) is 19.8 Å². The van der Waals surface area contributed by atoms with Gasteiger partial charge in [0, 0.05) is 11.5 Å². The summed E-state index contributed by atoms with van der Waals surface area (Å²) in [5.74, 6) is 7.74. The normalized spacial score (nSPS) is 10.5. The molecule has 31 heavy (non-hydrogen) atoms. The van der Waals surface area contributed by atoms with Gasteiger partial charge in [0.15, 0.2) is 0 Å². The summed E-state index contributed by atoms with van der Waals surface area (Å²) in [5, 5.41) is 0. The van der Waals surface area contributed by atoms with E-state index in [4.69, 9.17) is 43.0 Å². The van der Waals surface area contributed by atoms with E-state index in [0.29, 0.717) is 24.5 Å². The number of ether oxygens (including phenoxy) is 5. The minimum Gasteiger partial charge on any atom is -0.466 e. The first-order valence-electron chi connectivity index (χ1n) is 9.63. The van der Waals surface area contributed by atoms with Gasteiger partial charge in [-0.3, -0.25) is 9.59 Å². The Morgan fingerprint density at radius 1 is 0.742 bits per heavy atom. The summed E-state index contributed by atoms with van der Waals surface area (Å²) >= 11 is 0. The van der Waals surface area contributed by atoms with Crippen LogP contribution < -0.4 is 0 Å². The third kappa shape index (κ3) is 16.6. The molecule has 0 N–H and O–H groups in total. The van der Waals surface area contributed by atoms with Gasteiger partial charge in [-0.1, -0.05) is 39.3 Å². The first kappa shape index (κ1) is 29.2. The SMILES string of the molecule is C#CCOCC(COCC#C)(COCC#C)COC(=O)CCSSCCC(=O)OCC. The number of carbonyl (C=O) groups excluding carboxylic acids is 2. The van der Waals surface area contributed by atoms with Crippen molar-refractivity contribution in [2.75, 3.05) is 64.4 Å². The fourth-order valence-corrected chi connectivity index (χ4v) is 4.08. The lowest BCUT2D eigenvalue weighted by Crippen LogP contribution is -2.42. The summed E-state index contributed by atoms with van der Waals surface area (Å²) in [6, 6.07) is 0. The molecule has 0 amide bonds. The zero-order chi connectivity index (χ0) is 23.2. The monoisotopic (exact) mass is 470 g/mol. The number of rotatable bonds is 19. The zero-order valence-electron chi connectivity index (χ0n) is 17.9. The Hall–Kier alpha value is -1.80. The highest BCUT2D eigenvalue weighted by atomic mass is 33.1. The Morgan fingerprint density at radius 2 is 1.16 bits per heavy atom. The molecule has 0 bridgehead atoms.